The van der Waals surface area contributed by atoms with Gasteiger partial charge in [-0.05, 0) is 32.1 Å². The molecule has 14 heavy (non-hydrogen) atoms. The number of carbonyl (C=O) groups is 2. The summed E-state index contributed by atoms with van der Waals surface area (Å²) >= 11 is 0. The summed E-state index contributed by atoms with van der Waals surface area (Å²) in [6.07, 6.45) is 5.74. The van der Waals surface area contributed by atoms with Crippen molar-refractivity contribution in [2.24, 2.45) is 5.92 Å². The molecule has 0 N–H and O–H groups in total. The molecule has 0 aliphatic heterocycles. The summed E-state index contributed by atoms with van der Waals surface area (Å²) < 4.78 is 4.81. The van der Waals surface area contributed by atoms with Gasteiger partial charge in [0.05, 0.1) is 6.61 Å². The van der Waals surface area contributed by atoms with Crippen LogP contribution in [-0.4, -0.2) is 18.4 Å². The van der Waals surface area contributed by atoms with Crippen LogP contribution in [-0.2, 0) is 14.3 Å². The van der Waals surface area contributed by atoms with Crippen molar-refractivity contribution in [2.45, 2.75) is 45.4 Å². The Morgan fingerprint density at radius 2 is 2.29 bits per heavy atom. The molecule has 0 bridgehead atoms. The number of rotatable bonds is 5. The fourth-order valence-electron chi connectivity index (χ4n) is 1.90. The average molecular weight is 198 g/mol. The minimum Gasteiger partial charge on any atom is -0.466 e. The molecule has 1 fully saturated rings. The normalized spacial score (nSPS) is 21.2. The van der Waals surface area contributed by atoms with Crippen LogP contribution >= 0.6 is 0 Å². The Morgan fingerprint density at radius 3 is 2.86 bits per heavy atom. The second kappa shape index (κ2) is 5.78. The molecule has 1 rings (SSSR count). The Labute approximate surface area is 84.8 Å². The van der Waals surface area contributed by atoms with Crippen molar-refractivity contribution in [3.05, 3.63) is 0 Å². The molecule has 0 heterocycles. The van der Waals surface area contributed by atoms with Crippen LogP contribution in [0, 0.1) is 5.92 Å². The maximum atomic E-state index is 11.3. The average Bonchev–Trinajstić information content (AvgIpc) is 2.51. The summed E-state index contributed by atoms with van der Waals surface area (Å²) in [6.45, 7) is 1.91. The van der Waals surface area contributed by atoms with Gasteiger partial charge < -0.3 is 4.74 Å². The third-order valence-corrected chi connectivity index (χ3v) is 2.68. The number of ketones is 1. The maximum absolute atomic E-state index is 11.3. The lowest BCUT2D eigenvalue weighted by Gasteiger charge is -2.06. The van der Waals surface area contributed by atoms with Crippen LogP contribution in [0.5, 0.6) is 0 Å². The Bertz CT molecular complexity index is 211. The monoisotopic (exact) mass is 198 g/mol. The van der Waals surface area contributed by atoms with Crippen LogP contribution in [0.3, 0.4) is 0 Å². The van der Waals surface area contributed by atoms with Crippen molar-refractivity contribution in [1.29, 1.82) is 0 Å². The largest absolute Gasteiger partial charge is 0.466 e. The quantitative estimate of drug-likeness (QED) is 0.502. The first-order valence-corrected chi connectivity index (χ1v) is 5.36. The van der Waals surface area contributed by atoms with E-state index in [2.05, 4.69) is 0 Å². The van der Waals surface area contributed by atoms with Crippen molar-refractivity contribution in [1.82, 2.24) is 0 Å². The van der Waals surface area contributed by atoms with Gasteiger partial charge in [0, 0.05) is 19.3 Å². The number of Topliss-reactive ketones (excluding diaryl/α,β-unsaturated/α-hetero) is 1. The molecular formula is C11H18O3. The lowest BCUT2D eigenvalue weighted by molar-refractivity contribution is -0.141. The van der Waals surface area contributed by atoms with Gasteiger partial charge in [-0.3, -0.25) is 9.59 Å². The number of carbonyl (C=O) groups excluding carboxylic acids is 2. The van der Waals surface area contributed by atoms with E-state index in [0.717, 1.165) is 38.5 Å². The molecule has 80 valence electrons. The first kappa shape index (κ1) is 11.2. The topological polar surface area (TPSA) is 43.4 Å². The second-order valence-corrected chi connectivity index (χ2v) is 3.89. The number of esters is 1. The number of hydrogen-bond acceptors (Lipinski definition) is 3. The van der Waals surface area contributed by atoms with Crippen molar-refractivity contribution in [2.75, 3.05) is 6.61 Å². The van der Waals surface area contributed by atoms with Gasteiger partial charge in [-0.2, -0.15) is 0 Å². The Kier molecular flexibility index (Phi) is 4.63. The van der Waals surface area contributed by atoms with Gasteiger partial charge in [-0.1, -0.05) is 0 Å². The van der Waals surface area contributed by atoms with Gasteiger partial charge in [-0.15, -0.1) is 0 Å². The van der Waals surface area contributed by atoms with Crippen LogP contribution < -0.4 is 0 Å². The zero-order valence-electron chi connectivity index (χ0n) is 8.75. The van der Waals surface area contributed by atoms with E-state index in [-0.39, 0.29) is 5.97 Å². The van der Waals surface area contributed by atoms with E-state index in [4.69, 9.17) is 4.74 Å². The Balaban J connectivity index is 1.98. The molecule has 0 spiro atoms. The summed E-state index contributed by atoms with van der Waals surface area (Å²) in [5.41, 5.74) is 0. The highest BCUT2D eigenvalue weighted by Gasteiger charge is 2.23. The van der Waals surface area contributed by atoms with E-state index in [0.29, 0.717) is 18.3 Å². The highest BCUT2D eigenvalue weighted by atomic mass is 16.5. The molecule has 0 aromatic carbocycles. The van der Waals surface area contributed by atoms with E-state index in [1.165, 1.54) is 6.92 Å². The molecule has 1 aliphatic carbocycles. The van der Waals surface area contributed by atoms with Gasteiger partial charge >= 0.3 is 5.97 Å². The van der Waals surface area contributed by atoms with Crippen molar-refractivity contribution < 1.29 is 14.3 Å². The molecule has 1 aliphatic rings. The van der Waals surface area contributed by atoms with Gasteiger partial charge in [-0.25, -0.2) is 0 Å². The maximum Gasteiger partial charge on any atom is 0.302 e. The number of unbranched alkanes of at least 4 members (excludes halogenated alkanes) is 1. The number of ether oxygens (including phenoxy) is 1. The summed E-state index contributed by atoms with van der Waals surface area (Å²) in [5.74, 6) is 0.506. The van der Waals surface area contributed by atoms with Crippen LogP contribution in [0.2, 0.25) is 0 Å². The summed E-state index contributed by atoms with van der Waals surface area (Å²) in [7, 11) is 0. The zero-order valence-corrected chi connectivity index (χ0v) is 8.75. The minimum absolute atomic E-state index is 0.220. The van der Waals surface area contributed by atoms with E-state index in [1.807, 2.05) is 0 Å². The van der Waals surface area contributed by atoms with Gasteiger partial charge in [0.25, 0.3) is 0 Å². The highest BCUT2D eigenvalue weighted by Crippen LogP contribution is 2.25. The molecule has 3 nitrogen and oxygen atoms in total. The molecule has 0 aromatic heterocycles. The SMILES string of the molecule is CC(=O)OCCCCC1CCCC1=O. The number of hydrogen-bond donors (Lipinski definition) is 0. The molecule has 0 saturated heterocycles. The highest BCUT2D eigenvalue weighted by molar-refractivity contribution is 5.82. The van der Waals surface area contributed by atoms with E-state index >= 15 is 0 Å². The standard InChI is InChI=1S/C11H18O3/c1-9(12)14-8-3-2-5-10-6-4-7-11(10)13/h10H,2-8H2,1H3. The van der Waals surface area contributed by atoms with Crippen LogP contribution in [0.4, 0.5) is 0 Å². The van der Waals surface area contributed by atoms with E-state index < -0.39 is 0 Å². The molecular weight excluding hydrogens is 180 g/mol. The van der Waals surface area contributed by atoms with Crippen molar-refractivity contribution in [3.8, 4) is 0 Å². The predicted octanol–water partition coefficient (Wildman–Crippen LogP) is 2.09. The molecule has 3 heteroatoms. The molecule has 0 amide bonds. The second-order valence-electron chi connectivity index (χ2n) is 3.89. The van der Waals surface area contributed by atoms with Gasteiger partial charge in [0.2, 0.25) is 0 Å². The molecule has 1 saturated carbocycles. The zero-order chi connectivity index (χ0) is 10.4. The van der Waals surface area contributed by atoms with E-state index in [1.54, 1.807) is 0 Å². The van der Waals surface area contributed by atoms with Crippen LogP contribution in [0.15, 0.2) is 0 Å². The summed E-state index contributed by atoms with van der Waals surface area (Å²) in [4.78, 5) is 21.7. The lowest BCUT2D eigenvalue weighted by Crippen LogP contribution is -2.07. The summed E-state index contributed by atoms with van der Waals surface area (Å²) in [6, 6.07) is 0. The van der Waals surface area contributed by atoms with Crippen molar-refractivity contribution in [3.63, 3.8) is 0 Å². The minimum atomic E-state index is -0.220. The Hall–Kier alpha value is -0.860. The predicted molar refractivity (Wildman–Crippen MR) is 52.8 cm³/mol. The van der Waals surface area contributed by atoms with Crippen LogP contribution in [0.25, 0.3) is 0 Å². The third-order valence-electron chi connectivity index (χ3n) is 2.68. The third kappa shape index (κ3) is 3.90. The van der Waals surface area contributed by atoms with Crippen LogP contribution in [0.1, 0.15) is 45.4 Å². The Morgan fingerprint density at radius 1 is 1.50 bits per heavy atom. The molecule has 1 atom stereocenters. The van der Waals surface area contributed by atoms with Crippen molar-refractivity contribution >= 4 is 11.8 Å². The fraction of sp³-hybridized carbons (Fsp3) is 0.818. The molecule has 1 unspecified atom stereocenters. The lowest BCUT2D eigenvalue weighted by atomic mass is 10.00. The van der Waals surface area contributed by atoms with Gasteiger partial charge in [0.1, 0.15) is 5.78 Å². The van der Waals surface area contributed by atoms with E-state index in [9.17, 15) is 9.59 Å². The first-order chi connectivity index (χ1) is 6.70. The fourth-order valence-corrected chi connectivity index (χ4v) is 1.90. The first-order valence-electron chi connectivity index (χ1n) is 5.36. The molecule has 0 radical (unpaired) electrons. The van der Waals surface area contributed by atoms with Gasteiger partial charge in [0.15, 0.2) is 0 Å². The molecule has 0 aromatic rings. The summed E-state index contributed by atoms with van der Waals surface area (Å²) in [5, 5.41) is 0. The smallest absolute Gasteiger partial charge is 0.302 e.